The van der Waals surface area contributed by atoms with Crippen LogP contribution in [0.25, 0.3) is 0 Å². The topological polar surface area (TPSA) is 132 Å². The first-order valence-corrected chi connectivity index (χ1v) is 8.49. The molecule has 0 aliphatic carbocycles. The number of rotatable bonds is 6. The molecule has 156 valence electrons. The van der Waals surface area contributed by atoms with Crippen molar-refractivity contribution in [2.24, 2.45) is 0 Å². The Labute approximate surface area is 159 Å². The lowest BCUT2D eigenvalue weighted by Crippen LogP contribution is -2.54. The van der Waals surface area contributed by atoms with Crippen molar-refractivity contribution in [3.8, 4) is 0 Å². The largest absolute Gasteiger partial charge is 0.467 e. The van der Waals surface area contributed by atoms with E-state index in [-0.39, 0.29) is 6.54 Å². The number of hydrogen-bond acceptors (Lipinski definition) is 7. The van der Waals surface area contributed by atoms with E-state index in [9.17, 15) is 19.2 Å². The normalized spacial score (nSPS) is 13.6. The molecule has 10 nitrogen and oxygen atoms in total. The summed E-state index contributed by atoms with van der Waals surface area (Å²) in [6.45, 7) is 11.3. The lowest BCUT2D eigenvalue weighted by molar-refractivity contribution is -0.145. The lowest BCUT2D eigenvalue weighted by Gasteiger charge is -2.24. The Morgan fingerprint density at radius 2 is 1.33 bits per heavy atom. The third-order valence-electron chi connectivity index (χ3n) is 2.78. The molecule has 0 unspecified atom stereocenters. The predicted octanol–water partition coefficient (Wildman–Crippen LogP) is 1.08. The minimum Gasteiger partial charge on any atom is -0.467 e. The Morgan fingerprint density at radius 1 is 0.852 bits per heavy atom. The van der Waals surface area contributed by atoms with E-state index in [1.54, 1.807) is 41.5 Å². The SMILES string of the molecule is COC(=O)[C@H](CNC(=O)OC(C)(C)C)NC(=O)[C@@H](C)NC(=O)OC(C)(C)C. The molecule has 0 spiro atoms. The van der Waals surface area contributed by atoms with Crippen LogP contribution < -0.4 is 16.0 Å². The van der Waals surface area contributed by atoms with Crippen molar-refractivity contribution in [2.45, 2.75) is 71.8 Å². The van der Waals surface area contributed by atoms with Crippen LogP contribution in [0.5, 0.6) is 0 Å². The number of methoxy groups -OCH3 is 1. The summed E-state index contributed by atoms with van der Waals surface area (Å²) in [6.07, 6.45) is -1.52. The predicted molar refractivity (Wildman–Crippen MR) is 97.0 cm³/mol. The van der Waals surface area contributed by atoms with E-state index in [1.165, 1.54) is 6.92 Å². The summed E-state index contributed by atoms with van der Waals surface area (Å²) < 4.78 is 14.7. The molecular formula is C17H31N3O7. The molecule has 0 aliphatic rings. The van der Waals surface area contributed by atoms with Gasteiger partial charge in [0, 0.05) is 0 Å². The van der Waals surface area contributed by atoms with Gasteiger partial charge in [0.05, 0.1) is 13.7 Å². The summed E-state index contributed by atoms with van der Waals surface area (Å²) in [6, 6.07) is -2.13. The number of ether oxygens (including phenoxy) is 3. The van der Waals surface area contributed by atoms with E-state index in [0.717, 1.165) is 7.11 Å². The highest BCUT2D eigenvalue weighted by Gasteiger charge is 2.27. The molecule has 0 aliphatic heterocycles. The van der Waals surface area contributed by atoms with Gasteiger partial charge in [-0.2, -0.15) is 0 Å². The Morgan fingerprint density at radius 3 is 1.78 bits per heavy atom. The standard InChI is InChI=1S/C17H31N3O7/c1-10(19-15(24)27-17(5,6)7)12(21)20-11(13(22)25-8)9-18-14(23)26-16(2,3)4/h10-11H,9H2,1-8H3,(H,18,23)(H,19,24)(H,20,21)/t10-,11+/m1/s1. The fourth-order valence-corrected chi connectivity index (χ4v) is 1.68. The van der Waals surface area contributed by atoms with Crippen LogP contribution in [0.3, 0.4) is 0 Å². The average molecular weight is 389 g/mol. The van der Waals surface area contributed by atoms with Crippen LogP contribution in [-0.4, -0.2) is 61.0 Å². The molecule has 2 atom stereocenters. The first-order valence-electron chi connectivity index (χ1n) is 8.49. The Balaban J connectivity index is 4.75. The van der Waals surface area contributed by atoms with Gasteiger partial charge >= 0.3 is 18.2 Å². The molecule has 3 amide bonds. The molecule has 0 aromatic carbocycles. The van der Waals surface area contributed by atoms with Crippen LogP contribution in [-0.2, 0) is 23.8 Å². The van der Waals surface area contributed by atoms with Crippen molar-refractivity contribution >= 4 is 24.1 Å². The van der Waals surface area contributed by atoms with Crippen LogP contribution in [0, 0.1) is 0 Å². The zero-order valence-corrected chi connectivity index (χ0v) is 17.2. The first kappa shape index (κ1) is 24.5. The van der Waals surface area contributed by atoms with Crippen molar-refractivity contribution in [3.05, 3.63) is 0 Å². The minimum atomic E-state index is -1.15. The number of esters is 1. The first-order chi connectivity index (χ1) is 12.1. The van der Waals surface area contributed by atoms with Gasteiger partial charge in [-0.15, -0.1) is 0 Å². The molecule has 0 fully saturated rings. The van der Waals surface area contributed by atoms with Crippen molar-refractivity contribution in [1.82, 2.24) is 16.0 Å². The molecule has 0 heterocycles. The zero-order chi connectivity index (χ0) is 21.4. The monoisotopic (exact) mass is 389 g/mol. The molecule has 0 saturated carbocycles. The maximum atomic E-state index is 12.2. The van der Waals surface area contributed by atoms with Crippen LogP contribution in [0.15, 0.2) is 0 Å². The van der Waals surface area contributed by atoms with Gasteiger partial charge in [0.1, 0.15) is 23.3 Å². The molecule has 0 saturated heterocycles. The van der Waals surface area contributed by atoms with Gasteiger partial charge in [-0.05, 0) is 48.5 Å². The molecule has 0 aromatic rings. The Kier molecular flexibility index (Phi) is 9.05. The molecule has 0 aromatic heterocycles. The summed E-state index contributed by atoms with van der Waals surface area (Å²) >= 11 is 0. The smallest absolute Gasteiger partial charge is 0.408 e. The molecule has 0 bridgehead atoms. The van der Waals surface area contributed by atoms with Gasteiger partial charge in [-0.1, -0.05) is 0 Å². The lowest BCUT2D eigenvalue weighted by atomic mass is 10.2. The van der Waals surface area contributed by atoms with Crippen molar-refractivity contribution < 1.29 is 33.4 Å². The molecule has 0 rings (SSSR count). The average Bonchev–Trinajstić information content (AvgIpc) is 2.46. The molecule has 3 N–H and O–H groups in total. The number of alkyl carbamates (subject to hydrolysis) is 2. The molecule has 27 heavy (non-hydrogen) atoms. The number of amides is 3. The fourth-order valence-electron chi connectivity index (χ4n) is 1.68. The van der Waals surface area contributed by atoms with E-state index >= 15 is 0 Å². The van der Waals surface area contributed by atoms with E-state index < -0.39 is 47.3 Å². The Hall–Kier alpha value is -2.52. The maximum absolute atomic E-state index is 12.2. The van der Waals surface area contributed by atoms with E-state index in [4.69, 9.17) is 9.47 Å². The second kappa shape index (κ2) is 9.98. The van der Waals surface area contributed by atoms with Crippen LogP contribution in [0.2, 0.25) is 0 Å². The molecular weight excluding hydrogens is 358 g/mol. The van der Waals surface area contributed by atoms with Crippen LogP contribution in [0.4, 0.5) is 9.59 Å². The van der Waals surface area contributed by atoms with Crippen molar-refractivity contribution in [1.29, 1.82) is 0 Å². The van der Waals surface area contributed by atoms with Crippen LogP contribution >= 0.6 is 0 Å². The van der Waals surface area contributed by atoms with Gasteiger partial charge in [-0.3, -0.25) is 4.79 Å². The molecule has 10 heteroatoms. The van der Waals surface area contributed by atoms with Crippen molar-refractivity contribution in [3.63, 3.8) is 0 Å². The van der Waals surface area contributed by atoms with Gasteiger partial charge in [0.2, 0.25) is 5.91 Å². The quantitative estimate of drug-likeness (QED) is 0.457. The van der Waals surface area contributed by atoms with Gasteiger partial charge in [-0.25, -0.2) is 14.4 Å². The third-order valence-corrected chi connectivity index (χ3v) is 2.78. The second-order valence-corrected chi connectivity index (χ2v) is 7.84. The number of nitrogens with one attached hydrogen (secondary N) is 3. The van der Waals surface area contributed by atoms with Gasteiger partial charge in [0.25, 0.3) is 0 Å². The number of carbonyl (C=O) groups is 4. The highest BCUT2D eigenvalue weighted by molar-refractivity contribution is 5.89. The van der Waals surface area contributed by atoms with Crippen LogP contribution in [0.1, 0.15) is 48.5 Å². The summed E-state index contributed by atoms with van der Waals surface area (Å²) in [5, 5.41) is 7.14. The highest BCUT2D eigenvalue weighted by atomic mass is 16.6. The highest BCUT2D eigenvalue weighted by Crippen LogP contribution is 2.07. The minimum absolute atomic E-state index is 0.244. The van der Waals surface area contributed by atoms with Crippen molar-refractivity contribution in [2.75, 3.05) is 13.7 Å². The van der Waals surface area contributed by atoms with Gasteiger partial charge in [0.15, 0.2) is 0 Å². The molecule has 0 radical (unpaired) electrons. The van der Waals surface area contributed by atoms with E-state index in [1.807, 2.05) is 0 Å². The fraction of sp³-hybridized carbons (Fsp3) is 0.765. The van der Waals surface area contributed by atoms with E-state index in [2.05, 4.69) is 20.7 Å². The summed E-state index contributed by atoms with van der Waals surface area (Å²) in [5.41, 5.74) is -1.42. The summed E-state index contributed by atoms with van der Waals surface area (Å²) in [4.78, 5) is 47.5. The second-order valence-electron chi connectivity index (χ2n) is 7.84. The number of hydrogen-bond donors (Lipinski definition) is 3. The summed E-state index contributed by atoms with van der Waals surface area (Å²) in [7, 11) is 1.15. The van der Waals surface area contributed by atoms with E-state index in [0.29, 0.717) is 0 Å². The van der Waals surface area contributed by atoms with Gasteiger partial charge < -0.3 is 30.2 Å². The number of carbonyl (C=O) groups excluding carboxylic acids is 4. The Bertz CT molecular complexity index is 550. The zero-order valence-electron chi connectivity index (χ0n) is 17.2. The summed E-state index contributed by atoms with van der Waals surface area (Å²) in [5.74, 6) is -1.41. The maximum Gasteiger partial charge on any atom is 0.408 e. The third kappa shape index (κ3) is 11.7.